The van der Waals surface area contributed by atoms with Crippen LogP contribution in [0.15, 0.2) is 4.52 Å². The van der Waals surface area contributed by atoms with E-state index in [2.05, 4.69) is 4.52 Å². The molecule has 0 bridgehead atoms. The zero-order valence-electron chi connectivity index (χ0n) is 19.5. The van der Waals surface area contributed by atoms with Crippen LogP contribution in [0.4, 0.5) is 89.1 Å². The molecule has 0 radical (unpaired) electrons. The Balaban J connectivity index is 0.00000924. The van der Waals surface area contributed by atoms with Crippen molar-refractivity contribution in [2.75, 3.05) is 11.9 Å². The van der Waals surface area contributed by atoms with E-state index in [1.807, 2.05) is 4.98 Å². The van der Waals surface area contributed by atoms with Crippen LogP contribution in [0.1, 0.15) is 5.82 Å². The summed E-state index contributed by atoms with van der Waals surface area (Å²) >= 11 is 0. The molecule has 0 spiro atoms. The first-order valence-corrected chi connectivity index (χ1v) is 9.51. The van der Waals surface area contributed by atoms with Gasteiger partial charge in [-0.15, -0.1) is 0 Å². The maximum atomic E-state index is 14.2. The van der Waals surface area contributed by atoms with E-state index in [0.717, 1.165) is 0 Å². The number of carbonyl (C=O) groups excluding carboxylic acids is 1. The van der Waals surface area contributed by atoms with Crippen LogP contribution in [0.25, 0.3) is 11.5 Å². The Morgan fingerprint density at radius 2 is 1.07 bits per heavy atom. The fourth-order valence-corrected chi connectivity index (χ4v) is 2.69. The molecule has 2 aromatic rings. The van der Waals surface area contributed by atoms with E-state index in [1.54, 1.807) is 5.16 Å². The fraction of sp³-hybridized carbons (Fsp3) is 0.471. The van der Waals surface area contributed by atoms with Gasteiger partial charge in [-0.3, -0.25) is 0 Å². The Labute approximate surface area is 264 Å². The Kier molecular flexibility index (Phi) is 10.6. The first-order valence-electron chi connectivity index (χ1n) is 9.51. The minimum atomic E-state index is -8.67. The number of carboxylic acids is 1. The molecular formula is C17H3F19KN3O3. The topological polar surface area (TPSA) is 91.1 Å². The van der Waals surface area contributed by atoms with Crippen LogP contribution < -0.4 is 61.8 Å². The van der Waals surface area contributed by atoms with Crippen molar-refractivity contribution in [2.45, 2.75) is 41.7 Å². The molecule has 6 nitrogen and oxygen atoms in total. The molecule has 0 fully saturated rings. The first-order chi connectivity index (χ1) is 18.5. The van der Waals surface area contributed by atoms with Crippen LogP contribution in [0, 0.1) is 23.3 Å². The molecule has 1 N–H and O–H groups in total. The fourth-order valence-electron chi connectivity index (χ4n) is 2.69. The minimum Gasteiger partial charge on any atom is -0.548 e. The second kappa shape index (κ2) is 11.7. The van der Waals surface area contributed by atoms with Gasteiger partial charge in [0.25, 0.3) is 5.89 Å². The molecule has 1 heterocycles. The number of aromatic nitrogens is 2. The Morgan fingerprint density at radius 1 is 0.674 bits per heavy atom. The van der Waals surface area contributed by atoms with Crippen LogP contribution in [0.5, 0.6) is 0 Å². The van der Waals surface area contributed by atoms with Crippen LogP contribution in [-0.2, 0) is 10.7 Å². The Hall–Kier alpha value is -2.06. The van der Waals surface area contributed by atoms with Crippen LogP contribution in [-0.4, -0.2) is 58.4 Å². The summed E-state index contributed by atoms with van der Waals surface area (Å²) in [5.74, 6) is -68.3. The van der Waals surface area contributed by atoms with Crippen molar-refractivity contribution in [3.63, 3.8) is 0 Å². The smallest absolute Gasteiger partial charge is 0.548 e. The molecule has 0 amide bonds. The number of alkyl halides is 15. The van der Waals surface area contributed by atoms with Crippen LogP contribution in [0.2, 0.25) is 0 Å². The maximum absolute atomic E-state index is 14.2. The number of rotatable bonds is 10. The SMILES string of the molecule is O=C([O-])CNc1c(F)c(F)c(-c2nc(C(F)(F)C(F)(F)C(F)(F)C(F)(F)C(F)(F)C(F)(F)C(F)(F)F)no2)c(F)c1F.[K+]. The van der Waals surface area contributed by atoms with E-state index in [-0.39, 0.29) is 51.4 Å². The van der Waals surface area contributed by atoms with Gasteiger partial charge in [0, 0.05) is 0 Å². The predicted octanol–water partition coefficient (Wildman–Crippen LogP) is 2.29. The number of hydrogen-bond donors (Lipinski definition) is 1. The van der Waals surface area contributed by atoms with Gasteiger partial charge < -0.3 is 19.7 Å². The van der Waals surface area contributed by atoms with Crippen molar-refractivity contribution in [2.24, 2.45) is 0 Å². The molecular weight excluding hydrogens is 694 g/mol. The van der Waals surface area contributed by atoms with Gasteiger partial charge in [-0.05, 0) is 0 Å². The molecule has 0 saturated carbocycles. The van der Waals surface area contributed by atoms with E-state index in [9.17, 15) is 93.3 Å². The second-order valence-electron chi connectivity index (χ2n) is 7.60. The Bertz CT molecular complexity index is 1350. The molecule has 0 aliphatic heterocycles. The molecule has 0 aliphatic carbocycles. The van der Waals surface area contributed by atoms with E-state index in [1.165, 1.54) is 5.32 Å². The van der Waals surface area contributed by atoms with Gasteiger partial charge in [0.05, 0.1) is 12.5 Å². The molecule has 1 aromatic carbocycles. The number of anilines is 1. The van der Waals surface area contributed by atoms with Gasteiger partial charge in [0.1, 0.15) is 11.3 Å². The quantitative estimate of drug-likeness (QED) is 0.233. The summed E-state index contributed by atoms with van der Waals surface area (Å²) in [6.07, 6.45) is -7.84. The van der Waals surface area contributed by atoms with Gasteiger partial charge in [-0.2, -0.15) is 70.8 Å². The monoisotopic (exact) mass is 697 g/mol. The van der Waals surface area contributed by atoms with E-state index < -0.39 is 100 Å². The van der Waals surface area contributed by atoms with Crippen molar-refractivity contribution in [1.82, 2.24) is 10.1 Å². The van der Waals surface area contributed by atoms with Crippen molar-refractivity contribution < 1.29 is 149 Å². The normalized spacial score (nSPS) is 14.0. The van der Waals surface area contributed by atoms with Gasteiger partial charge in [-0.25, -0.2) is 17.6 Å². The third kappa shape index (κ3) is 5.75. The molecule has 26 heteroatoms. The van der Waals surface area contributed by atoms with Crippen LogP contribution >= 0.6 is 0 Å². The second-order valence-corrected chi connectivity index (χ2v) is 7.60. The minimum absolute atomic E-state index is 0. The molecule has 1 aromatic heterocycles. The summed E-state index contributed by atoms with van der Waals surface area (Å²) in [7, 11) is 0. The van der Waals surface area contributed by atoms with Crippen molar-refractivity contribution in [1.29, 1.82) is 0 Å². The van der Waals surface area contributed by atoms with Gasteiger partial charge in [0.2, 0.25) is 5.82 Å². The van der Waals surface area contributed by atoms with E-state index in [4.69, 9.17) is 0 Å². The largest absolute Gasteiger partial charge is 1.00 e. The molecule has 0 aliphatic rings. The van der Waals surface area contributed by atoms with Gasteiger partial charge in [0.15, 0.2) is 23.3 Å². The standard InChI is InChI=1S/C17H4F19N3O3.K/c18-4-3(5(19)7(21)8(6(4)20)37-1-2(40)41)9-38-10(39-42-9)11(22,23)12(24,25)13(26,27)14(28,29)15(30,31)16(32,33)17(34,35)36;/h37H,1H2,(H,40,41);/q;+1/p-1. The average Bonchev–Trinajstić information content (AvgIpc) is 3.32. The Morgan fingerprint density at radius 3 is 1.47 bits per heavy atom. The number of carboxylic acid groups (broad SMARTS) is 1. The van der Waals surface area contributed by atoms with Crippen molar-refractivity contribution >= 4 is 11.7 Å². The van der Waals surface area contributed by atoms with Gasteiger partial charge in [-0.1, -0.05) is 5.16 Å². The summed E-state index contributed by atoms with van der Waals surface area (Å²) in [6, 6.07) is 0. The number of nitrogens with zero attached hydrogens (tertiary/aromatic N) is 2. The third-order valence-electron chi connectivity index (χ3n) is 4.92. The molecule has 43 heavy (non-hydrogen) atoms. The number of hydrogen-bond acceptors (Lipinski definition) is 6. The molecule has 0 atom stereocenters. The molecule has 0 saturated heterocycles. The van der Waals surface area contributed by atoms with Gasteiger partial charge >= 0.3 is 93.1 Å². The molecule has 0 unspecified atom stereocenters. The third-order valence-corrected chi connectivity index (χ3v) is 4.92. The zero-order chi connectivity index (χ0) is 33.2. The number of halogens is 19. The summed E-state index contributed by atoms with van der Waals surface area (Å²) in [5.41, 5.74) is -4.37. The predicted molar refractivity (Wildman–Crippen MR) is 87.7 cm³/mol. The number of benzene rings is 1. The number of carbonyl (C=O) groups is 1. The maximum Gasteiger partial charge on any atom is 1.00 e. The van der Waals surface area contributed by atoms with E-state index >= 15 is 0 Å². The average molecular weight is 697 g/mol. The molecule has 2 rings (SSSR count). The zero-order valence-corrected chi connectivity index (χ0v) is 22.6. The molecule has 238 valence electrons. The number of aliphatic carboxylic acids is 1. The summed E-state index contributed by atoms with van der Waals surface area (Å²) in [5, 5.41) is 13.3. The van der Waals surface area contributed by atoms with Crippen molar-refractivity contribution in [3.05, 3.63) is 29.1 Å². The van der Waals surface area contributed by atoms with Crippen LogP contribution in [0.3, 0.4) is 0 Å². The first kappa shape index (κ1) is 39.0. The number of nitrogens with one attached hydrogen (secondary N) is 1. The summed E-state index contributed by atoms with van der Waals surface area (Å²) < 4.78 is 260. The summed E-state index contributed by atoms with van der Waals surface area (Å²) in [4.78, 5) is 12.2. The van der Waals surface area contributed by atoms with E-state index in [0.29, 0.717) is 0 Å². The summed E-state index contributed by atoms with van der Waals surface area (Å²) in [6.45, 7) is -1.54. The van der Waals surface area contributed by atoms with Crippen molar-refractivity contribution in [3.8, 4) is 11.5 Å².